The van der Waals surface area contributed by atoms with E-state index in [9.17, 15) is 23.1 Å². The van der Waals surface area contributed by atoms with Gasteiger partial charge in [0.2, 0.25) is 0 Å². The van der Waals surface area contributed by atoms with Crippen LogP contribution in [0.4, 0.5) is 18.9 Å². The van der Waals surface area contributed by atoms with E-state index in [1.54, 1.807) is 18.2 Å². The van der Waals surface area contributed by atoms with Crippen LogP contribution >= 0.6 is 0 Å². The van der Waals surface area contributed by atoms with Gasteiger partial charge in [-0.05, 0) is 29.8 Å². The summed E-state index contributed by atoms with van der Waals surface area (Å²) in [6, 6.07) is 12.2. The number of carbonyl (C=O) groups excluding carboxylic acids is 1. The predicted molar refractivity (Wildman–Crippen MR) is 78.2 cm³/mol. The van der Waals surface area contributed by atoms with E-state index in [0.29, 0.717) is 11.1 Å². The molecule has 2 aromatic rings. The normalized spacial score (nSPS) is 11.3. The first-order valence-corrected chi connectivity index (χ1v) is 6.68. The first kappa shape index (κ1) is 16.8. The van der Waals surface area contributed by atoms with Crippen LogP contribution in [0.15, 0.2) is 48.5 Å². The van der Waals surface area contributed by atoms with Crippen molar-refractivity contribution >= 4 is 11.6 Å². The number of carbonyl (C=O) groups is 1. The Balaban J connectivity index is 1.94. The monoisotopic (exact) mass is 325 g/mol. The minimum absolute atomic E-state index is 0.0574. The number of benzene rings is 2. The molecule has 0 atom stereocenters. The zero-order chi connectivity index (χ0) is 16.9. The number of alkyl halides is 3. The highest BCUT2D eigenvalue weighted by atomic mass is 19.4. The summed E-state index contributed by atoms with van der Waals surface area (Å²) in [6.45, 7) is -1.51. The Hall–Kier alpha value is -2.54. The van der Waals surface area contributed by atoms with Gasteiger partial charge in [0.25, 0.3) is 5.91 Å². The molecule has 122 valence electrons. The summed E-state index contributed by atoms with van der Waals surface area (Å²) in [5.41, 5.74) is 1.11. The molecule has 0 aliphatic heterocycles. The van der Waals surface area contributed by atoms with Gasteiger partial charge in [-0.15, -0.1) is 0 Å². The molecule has 2 rings (SSSR count). The molecule has 0 unspecified atom stereocenters. The van der Waals surface area contributed by atoms with Crippen molar-refractivity contribution in [2.75, 3.05) is 11.9 Å². The van der Waals surface area contributed by atoms with Crippen LogP contribution in [0.1, 0.15) is 15.9 Å². The number of ether oxygens (including phenoxy) is 1. The SMILES string of the molecule is O=C(Nc1ccccc1O)c1ccc(COCC(F)(F)F)cc1. The van der Waals surface area contributed by atoms with Crippen molar-refractivity contribution in [1.82, 2.24) is 0 Å². The first-order chi connectivity index (χ1) is 10.8. The molecule has 0 saturated carbocycles. The topological polar surface area (TPSA) is 58.6 Å². The highest BCUT2D eigenvalue weighted by Gasteiger charge is 2.27. The van der Waals surface area contributed by atoms with E-state index in [2.05, 4.69) is 10.1 Å². The molecule has 0 aliphatic carbocycles. The summed E-state index contributed by atoms with van der Waals surface area (Å²) in [4.78, 5) is 12.0. The molecule has 0 aliphatic rings. The second-order valence-corrected chi connectivity index (χ2v) is 4.78. The van der Waals surface area contributed by atoms with Crippen LogP contribution in [0.3, 0.4) is 0 Å². The highest BCUT2D eigenvalue weighted by Crippen LogP contribution is 2.22. The molecule has 0 fully saturated rings. The number of anilines is 1. The highest BCUT2D eigenvalue weighted by molar-refractivity contribution is 6.04. The largest absolute Gasteiger partial charge is 0.506 e. The molecular formula is C16H14F3NO3. The Labute approximate surface area is 130 Å². The van der Waals surface area contributed by atoms with Crippen molar-refractivity contribution in [2.24, 2.45) is 0 Å². The number of para-hydroxylation sites is 2. The Morgan fingerprint density at radius 2 is 1.74 bits per heavy atom. The van der Waals surface area contributed by atoms with E-state index >= 15 is 0 Å². The maximum atomic E-state index is 12.0. The lowest BCUT2D eigenvalue weighted by Gasteiger charge is -2.09. The van der Waals surface area contributed by atoms with Crippen LogP contribution < -0.4 is 5.32 Å². The summed E-state index contributed by atoms with van der Waals surface area (Å²) < 4.78 is 40.4. The van der Waals surface area contributed by atoms with Gasteiger partial charge >= 0.3 is 6.18 Å². The van der Waals surface area contributed by atoms with Crippen molar-refractivity contribution in [1.29, 1.82) is 0 Å². The molecule has 1 amide bonds. The van der Waals surface area contributed by atoms with Gasteiger partial charge in [0, 0.05) is 5.56 Å². The molecule has 0 heterocycles. The van der Waals surface area contributed by atoms with Crippen molar-refractivity contribution in [2.45, 2.75) is 12.8 Å². The van der Waals surface area contributed by atoms with Crippen molar-refractivity contribution in [3.63, 3.8) is 0 Å². The molecule has 2 N–H and O–H groups in total. The zero-order valence-electron chi connectivity index (χ0n) is 11.9. The van der Waals surface area contributed by atoms with Gasteiger partial charge in [0.05, 0.1) is 12.3 Å². The first-order valence-electron chi connectivity index (χ1n) is 6.68. The maximum absolute atomic E-state index is 12.0. The van der Waals surface area contributed by atoms with Crippen LogP contribution in [0, 0.1) is 0 Å². The fourth-order valence-corrected chi connectivity index (χ4v) is 1.81. The summed E-state index contributed by atoms with van der Waals surface area (Å²) >= 11 is 0. The molecule has 4 nitrogen and oxygen atoms in total. The second kappa shape index (κ2) is 7.15. The molecule has 0 saturated heterocycles. The lowest BCUT2D eigenvalue weighted by molar-refractivity contribution is -0.176. The zero-order valence-corrected chi connectivity index (χ0v) is 11.9. The lowest BCUT2D eigenvalue weighted by Crippen LogP contribution is -2.16. The molecule has 0 aromatic heterocycles. The molecule has 7 heteroatoms. The third-order valence-corrected chi connectivity index (χ3v) is 2.90. The Morgan fingerprint density at radius 3 is 2.35 bits per heavy atom. The van der Waals surface area contributed by atoms with Crippen LogP contribution in [-0.2, 0) is 11.3 Å². The van der Waals surface area contributed by atoms with Crippen LogP contribution in [0.2, 0.25) is 0 Å². The maximum Gasteiger partial charge on any atom is 0.411 e. The lowest BCUT2D eigenvalue weighted by atomic mass is 10.1. The number of hydrogen-bond donors (Lipinski definition) is 2. The van der Waals surface area contributed by atoms with Gasteiger partial charge in [-0.3, -0.25) is 4.79 Å². The summed E-state index contributed by atoms with van der Waals surface area (Å²) in [7, 11) is 0. The van der Waals surface area contributed by atoms with E-state index in [4.69, 9.17) is 0 Å². The second-order valence-electron chi connectivity index (χ2n) is 4.78. The van der Waals surface area contributed by atoms with Gasteiger partial charge in [-0.1, -0.05) is 24.3 Å². The summed E-state index contributed by atoms with van der Waals surface area (Å²) in [5, 5.41) is 12.1. The van der Waals surface area contributed by atoms with Crippen LogP contribution in [-0.4, -0.2) is 23.8 Å². The van der Waals surface area contributed by atoms with Crippen molar-refractivity contribution in [3.8, 4) is 5.75 Å². The van der Waals surface area contributed by atoms with Gasteiger partial charge in [0.1, 0.15) is 12.4 Å². The third kappa shape index (κ3) is 5.30. The minimum atomic E-state index is -4.36. The quantitative estimate of drug-likeness (QED) is 0.824. The molecule has 23 heavy (non-hydrogen) atoms. The number of rotatable bonds is 5. The van der Waals surface area contributed by atoms with E-state index in [0.717, 1.165) is 0 Å². The van der Waals surface area contributed by atoms with Crippen molar-refractivity contribution < 1.29 is 27.8 Å². The number of halogens is 3. The molecule has 0 bridgehead atoms. The van der Waals surface area contributed by atoms with E-state index < -0.39 is 18.7 Å². The van der Waals surface area contributed by atoms with E-state index in [-0.39, 0.29) is 18.0 Å². The minimum Gasteiger partial charge on any atom is -0.506 e. The van der Waals surface area contributed by atoms with Gasteiger partial charge in [0.15, 0.2) is 0 Å². The summed E-state index contributed by atoms with van der Waals surface area (Å²) in [5.74, 6) is -0.493. The van der Waals surface area contributed by atoms with Gasteiger partial charge in [-0.25, -0.2) is 0 Å². The summed E-state index contributed by atoms with van der Waals surface area (Å²) in [6.07, 6.45) is -4.36. The number of amides is 1. The Bertz CT molecular complexity index is 669. The number of aromatic hydroxyl groups is 1. The van der Waals surface area contributed by atoms with E-state index in [1.165, 1.54) is 30.3 Å². The predicted octanol–water partition coefficient (Wildman–Crippen LogP) is 3.72. The van der Waals surface area contributed by atoms with Gasteiger partial charge < -0.3 is 15.2 Å². The van der Waals surface area contributed by atoms with E-state index in [1.807, 2.05) is 0 Å². The number of phenols is 1. The van der Waals surface area contributed by atoms with Crippen LogP contribution in [0.25, 0.3) is 0 Å². The number of nitrogens with one attached hydrogen (secondary N) is 1. The van der Waals surface area contributed by atoms with Crippen LogP contribution in [0.5, 0.6) is 5.75 Å². The molecular weight excluding hydrogens is 311 g/mol. The number of hydrogen-bond acceptors (Lipinski definition) is 3. The fourth-order valence-electron chi connectivity index (χ4n) is 1.81. The standard InChI is InChI=1S/C16H14F3NO3/c17-16(18,19)10-23-9-11-5-7-12(8-6-11)15(22)20-13-3-1-2-4-14(13)21/h1-8,21H,9-10H2,(H,20,22). The smallest absolute Gasteiger partial charge is 0.411 e. The number of phenolic OH excluding ortho intramolecular Hbond substituents is 1. The van der Waals surface area contributed by atoms with Gasteiger partial charge in [-0.2, -0.15) is 13.2 Å². The fraction of sp³-hybridized carbons (Fsp3) is 0.188. The molecule has 0 radical (unpaired) electrons. The third-order valence-electron chi connectivity index (χ3n) is 2.90. The molecule has 2 aromatic carbocycles. The average Bonchev–Trinajstić information content (AvgIpc) is 2.49. The van der Waals surface area contributed by atoms with Crippen molar-refractivity contribution in [3.05, 3.63) is 59.7 Å². The molecule has 0 spiro atoms. The average molecular weight is 325 g/mol. The Kier molecular flexibility index (Phi) is 5.23. The Morgan fingerprint density at radius 1 is 1.09 bits per heavy atom.